The molecule has 3 heterocycles. The molecule has 2 amide bonds. The Kier molecular flexibility index (Phi) is 24.2. The van der Waals surface area contributed by atoms with Gasteiger partial charge in [0.1, 0.15) is 11.2 Å². The van der Waals surface area contributed by atoms with E-state index in [4.69, 9.17) is 64.2 Å². The van der Waals surface area contributed by atoms with Crippen molar-refractivity contribution in [3.05, 3.63) is 174 Å². The van der Waals surface area contributed by atoms with Crippen LogP contribution in [0.2, 0.25) is 15.1 Å². The molecular formula is C67H73Cl4N11O8. The summed E-state index contributed by atoms with van der Waals surface area (Å²) in [5.41, 5.74) is 17.7. The Morgan fingerprint density at radius 3 is 1.03 bits per heavy atom. The fourth-order valence-electron chi connectivity index (χ4n) is 8.31. The Morgan fingerprint density at radius 1 is 0.433 bits per heavy atom. The highest BCUT2D eigenvalue weighted by Crippen LogP contribution is 2.34. The molecule has 3 N–H and O–H groups in total. The molecule has 0 aliphatic rings. The van der Waals surface area contributed by atoms with Gasteiger partial charge in [-0.25, -0.2) is 29.4 Å². The number of hydrogen-bond donors (Lipinski definition) is 2. The summed E-state index contributed by atoms with van der Waals surface area (Å²) < 4.78 is 26.8. The van der Waals surface area contributed by atoms with Crippen LogP contribution in [0.5, 0.6) is 18.0 Å². The summed E-state index contributed by atoms with van der Waals surface area (Å²) in [7, 11) is 4.51. The van der Waals surface area contributed by atoms with E-state index in [1.165, 1.54) is 38.0 Å². The van der Waals surface area contributed by atoms with Gasteiger partial charge >= 0.3 is 30.2 Å². The minimum Gasteiger partial charge on any atom is -0.467 e. The summed E-state index contributed by atoms with van der Waals surface area (Å²) in [6.07, 6.45) is -1.65. The van der Waals surface area contributed by atoms with Crippen molar-refractivity contribution in [1.29, 1.82) is 0 Å². The maximum absolute atomic E-state index is 13.0. The lowest BCUT2D eigenvalue weighted by Crippen LogP contribution is -2.43. The number of ether oxygens (including phenoxy) is 5. The number of carbonyl (C=O) groups excluding carboxylic acids is 2. The highest BCUT2D eigenvalue weighted by Gasteiger charge is 2.32. The predicted molar refractivity (Wildman–Crippen MR) is 354 cm³/mol. The van der Waals surface area contributed by atoms with Gasteiger partial charge < -0.3 is 34.5 Å². The number of nitrogens with zero attached hydrogens (tertiary/aromatic N) is 10. The molecule has 6 aromatic carbocycles. The fourth-order valence-corrected chi connectivity index (χ4v) is 8.92. The number of aromatic nitrogens is 9. The molecular weight excluding hydrogens is 1230 g/mol. The minimum atomic E-state index is -0.827. The number of rotatable bonds is 13. The molecule has 0 spiro atoms. The standard InChI is InChI=1S/C29H35ClN4O5.C19H19ClN4O.C19H18ClN3O2.ClH/c1-17-10-12-20(14-18(17)2)23-31-24(33-25(32-23)37-9)21-15-19(11-13-22(21)30)16-34(26(35)38-28(3,4)5)27(36)39-29(6,7)8;1-11-4-6-14(8-12(11)2)17-22-18(24-19(23-17)25-3)15-9-13(10-21)5-7-16(15)20;1-11-4-6-14(8-12(11)2)17-21-18(23-19(22-17)25-3)15-9-13(10-24)5-7-16(15)20;/h10-15H,16H2,1-9H3;4-9H,10,21H2,1-3H3;4-9,24H,10H2,1-3H3;1H. The number of aliphatic hydroxyl groups excluding tert-OH is 1. The number of carbonyl (C=O) groups is 2. The van der Waals surface area contributed by atoms with E-state index in [1.807, 2.05) is 87.5 Å². The maximum Gasteiger partial charge on any atom is 0.420 e. The van der Waals surface area contributed by atoms with E-state index in [1.54, 1.807) is 84.0 Å². The van der Waals surface area contributed by atoms with E-state index < -0.39 is 23.4 Å². The first kappa shape index (κ1) is 70.7. The molecule has 9 aromatic rings. The second-order valence-corrected chi connectivity index (χ2v) is 23.9. The molecule has 0 aliphatic heterocycles. The van der Waals surface area contributed by atoms with Crippen molar-refractivity contribution in [3.63, 3.8) is 0 Å². The summed E-state index contributed by atoms with van der Waals surface area (Å²) in [6.45, 7) is 22.8. The smallest absolute Gasteiger partial charge is 0.420 e. The molecule has 0 saturated heterocycles. The third kappa shape index (κ3) is 18.8. The zero-order chi connectivity index (χ0) is 65.1. The first-order chi connectivity index (χ1) is 42.1. The lowest BCUT2D eigenvalue weighted by molar-refractivity contribution is -0.000276. The lowest BCUT2D eigenvalue weighted by Gasteiger charge is -2.28. The van der Waals surface area contributed by atoms with Gasteiger partial charge in [-0.2, -0.15) is 29.9 Å². The molecule has 23 heteroatoms. The van der Waals surface area contributed by atoms with Crippen molar-refractivity contribution in [1.82, 2.24) is 49.8 Å². The first-order valence-electron chi connectivity index (χ1n) is 28.1. The van der Waals surface area contributed by atoms with E-state index >= 15 is 0 Å². The molecule has 0 unspecified atom stereocenters. The van der Waals surface area contributed by atoms with Gasteiger partial charge in [-0.3, -0.25) is 0 Å². The largest absolute Gasteiger partial charge is 0.467 e. The number of halogens is 4. The maximum atomic E-state index is 13.0. The molecule has 472 valence electrons. The molecule has 9 rings (SSSR count). The van der Waals surface area contributed by atoms with Crippen LogP contribution in [-0.4, -0.2) is 99.6 Å². The minimum absolute atomic E-state index is 0. The number of methoxy groups -OCH3 is 3. The van der Waals surface area contributed by atoms with Gasteiger partial charge in [-0.15, -0.1) is 12.4 Å². The van der Waals surface area contributed by atoms with E-state index in [-0.39, 0.29) is 49.4 Å². The van der Waals surface area contributed by atoms with E-state index in [0.717, 1.165) is 49.4 Å². The Hall–Kier alpha value is -8.43. The summed E-state index contributed by atoms with van der Waals surface area (Å²) in [5, 5.41) is 10.8. The van der Waals surface area contributed by atoms with Crippen LogP contribution >= 0.6 is 47.2 Å². The second kappa shape index (κ2) is 30.9. The van der Waals surface area contributed by atoms with Crippen LogP contribution in [-0.2, 0) is 29.2 Å². The van der Waals surface area contributed by atoms with Crippen molar-refractivity contribution in [3.8, 4) is 86.4 Å². The molecule has 3 aromatic heterocycles. The number of imide groups is 1. The predicted octanol–water partition coefficient (Wildman–Crippen LogP) is 15.5. The Morgan fingerprint density at radius 2 is 0.733 bits per heavy atom. The highest BCUT2D eigenvalue weighted by atomic mass is 35.5. The summed E-state index contributed by atoms with van der Waals surface area (Å²) in [4.78, 5) is 66.9. The Bertz CT molecular complexity index is 3870. The van der Waals surface area contributed by atoms with Gasteiger partial charge in [0.05, 0.1) is 49.5 Å². The van der Waals surface area contributed by atoms with Crippen LogP contribution in [0.15, 0.2) is 109 Å². The average Bonchev–Trinajstić information content (AvgIpc) is 1.35. The van der Waals surface area contributed by atoms with Gasteiger partial charge in [0, 0.05) is 39.9 Å². The summed E-state index contributed by atoms with van der Waals surface area (Å²) >= 11 is 19.2. The van der Waals surface area contributed by atoms with E-state index in [9.17, 15) is 14.7 Å². The number of amides is 2. The van der Waals surface area contributed by atoms with Gasteiger partial charge in [0.15, 0.2) is 34.9 Å². The van der Waals surface area contributed by atoms with Crippen LogP contribution in [0.25, 0.3) is 68.3 Å². The lowest BCUT2D eigenvalue weighted by atomic mass is 10.1. The fraction of sp³-hybridized carbons (Fsp3) is 0.299. The average molecular weight is 1300 g/mol. The van der Waals surface area contributed by atoms with Gasteiger partial charge in [-0.1, -0.05) is 89.4 Å². The second-order valence-electron chi connectivity index (χ2n) is 22.7. The SMILES string of the molecule is COc1nc(-c2ccc(C)c(C)c2)nc(-c2cc(CN(C(=O)OC(C)(C)C)C(=O)OC(C)(C)C)ccc2Cl)n1.COc1nc(-c2ccc(C)c(C)c2)nc(-c2cc(CN)ccc2Cl)n1.COc1nc(-c2ccc(C)c(C)c2)nc(-c2cc(CO)ccc2Cl)n1.Cl. The molecule has 0 saturated carbocycles. The molecule has 0 bridgehead atoms. The Labute approximate surface area is 546 Å². The van der Waals surface area contributed by atoms with Crippen molar-refractivity contribution < 1.29 is 38.4 Å². The van der Waals surface area contributed by atoms with Gasteiger partial charge in [0.25, 0.3) is 0 Å². The van der Waals surface area contributed by atoms with E-state index in [2.05, 4.69) is 65.6 Å². The van der Waals surface area contributed by atoms with Gasteiger partial charge in [0.2, 0.25) is 0 Å². The van der Waals surface area contributed by atoms with Crippen LogP contribution in [0.4, 0.5) is 9.59 Å². The number of benzene rings is 6. The third-order valence-corrected chi connectivity index (χ3v) is 14.5. The topological polar surface area (TPSA) is 246 Å². The highest BCUT2D eigenvalue weighted by molar-refractivity contribution is 6.34. The van der Waals surface area contributed by atoms with Crippen LogP contribution < -0.4 is 19.9 Å². The Balaban J connectivity index is 0.000000222. The van der Waals surface area contributed by atoms with Crippen LogP contribution in [0.1, 0.15) is 91.6 Å². The summed E-state index contributed by atoms with van der Waals surface area (Å²) in [6, 6.07) is 34.5. The van der Waals surface area contributed by atoms with Crippen molar-refractivity contribution >= 4 is 59.4 Å². The molecule has 0 aliphatic carbocycles. The zero-order valence-corrected chi connectivity index (χ0v) is 56.0. The number of aliphatic hydroxyl groups is 1. The normalized spacial score (nSPS) is 11.0. The first-order valence-corrected chi connectivity index (χ1v) is 29.3. The number of nitrogens with two attached hydrogens (primary N) is 1. The zero-order valence-electron chi connectivity index (χ0n) is 52.9. The van der Waals surface area contributed by atoms with Crippen LogP contribution in [0, 0.1) is 41.5 Å². The monoisotopic (exact) mass is 1300 g/mol. The molecule has 19 nitrogen and oxygen atoms in total. The summed E-state index contributed by atoms with van der Waals surface area (Å²) in [5.74, 6) is 2.61. The quantitative estimate of drug-likeness (QED) is 0.109. The molecule has 90 heavy (non-hydrogen) atoms. The third-order valence-electron chi connectivity index (χ3n) is 13.5. The molecule has 0 radical (unpaired) electrons. The van der Waals surface area contributed by atoms with Crippen molar-refractivity contribution in [2.45, 2.75) is 114 Å². The van der Waals surface area contributed by atoms with Crippen molar-refractivity contribution in [2.24, 2.45) is 5.73 Å². The van der Waals surface area contributed by atoms with Crippen LogP contribution in [0.3, 0.4) is 0 Å². The number of hydrogen-bond acceptors (Lipinski definition) is 18. The molecule has 0 fully saturated rings. The van der Waals surface area contributed by atoms with Gasteiger partial charge in [-0.05, 0) is 188 Å². The van der Waals surface area contributed by atoms with Crippen molar-refractivity contribution in [2.75, 3.05) is 21.3 Å². The van der Waals surface area contributed by atoms with E-state index in [0.29, 0.717) is 73.0 Å². The molecule has 0 atom stereocenters. The number of aryl methyl sites for hydroxylation is 6.